The van der Waals surface area contributed by atoms with Crippen molar-refractivity contribution in [1.82, 2.24) is 10.3 Å². The van der Waals surface area contributed by atoms with Crippen LogP contribution in [0.15, 0.2) is 18.3 Å². The summed E-state index contributed by atoms with van der Waals surface area (Å²) in [6, 6.07) is 3.54. The molecule has 92 valence electrons. The molecule has 0 amide bonds. The highest BCUT2D eigenvalue weighted by Crippen LogP contribution is 2.17. The summed E-state index contributed by atoms with van der Waals surface area (Å²) in [5, 5.41) is 7.12. The number of pyridine rings is 1. The van der Waals surface area contributed by atoms with Gasteiger partial charge >= 0.3 is 0 Å². The second kappa shape index (κ2) is 6.14. The minimum atomic E-state index is 0.258. The predicted molar refractivity (Wildman–Crippen MR) is 72.4 cm³/mol. The lowest BCUT2D eigenvalue weighted by Gasteiger charge is -2.13. The molecule has 0 bridgehead atoms. The Labute approximate surface area is 111 Å². The van der Waals surface area contributed by atoms with E-state index < -0.39 is 0 Å². The van der Waals surface area contributed by atoms with Gasteiger partial charge < -0.3 is 15.4 Å². The van der Waals surface area contributed by atoms with E-state index in [0.29, 0.717) is 16.0 Å². The van der Waals surface area contributed by atoms with Crippen molar-refractivity contribution in [2.24, 2.45) is 0 Å². The van der Waals surface area contributed by atoms with Crippen molar-refractivity contribution in [1.29, 1.82) is 0 Å². The molecule has 0 radical (unpaired) electrons. The number of hydrogen-bond acceptors (Lipinski definition) is 3. The first-order valence-electron chi connectivity index (χ1n) is 5.52. The Morgan fingerprint density at radius 2 is 2.53 bits per heavy atom. The fourth-order valence-corrected chi connectivity index (χ4v) is 1.99. The fourth-order valence-electron chi connectivity index (χ4n) is 1.64. The van der Waals surface area contributed by atoms with Gasteiger partial charge in [0.05, 0.1) is 11.1 Å². The number of rotatable bonds is 3. The number of hydrogen-bond donors (Lipinski definition) is 2. The van der Waals surface area contributed by atoms with E-state index in [1.165, 1.54) is 0 Å². The molecular formula is C11H14ClN3OS. The molecule has 2 N–H and O–H groups in total. The van der Waals surface area contributed by atoms with Crippen molar-refractivity contribution in [3.8, 4) is 0 Å². The standard InChI is InChI=1S/C11H14ClN3OS/c12-9-4-1-5-13-10(9)15-11(17)14-7-8-3-2-6-16-8/h1,4-5,8H,2-3,6-7H2,(H2,13,14,15,17)/t8-/m1/s1. The zero-order valence-electron chi connectivity index (χ0n) is 9.28. The molecule has 0 aliphatic carbocycles. The molecule has 1 aromatic rings. The molecule has 17 heavy (non-hydrogen) atoms. The van der Waals surface area contributed by atoms with Crippen molar-refractivity contribution >= 4 is 34.7 Å². The lowest BCUT2D eigenvalue weighted by Crippen LogP contribution is -2.35. The van der Waals surface area contributed by atoms with Crippen LogP contribution in [-0.4, -0.2) is 29.4 Å². The van der Waals surface area contributed by atoms with E-state index in [9.17, 15) is 0 Å². The summed E-state index contributed by atoms with van der Waals surface area (Å²) in [5.41, 5.74) is 0. The molecule has 1 fully saturated rings. The quantitative estimate of drug-likeness (QED) is 0.826. The summed E-state index contributed by atoms with van der Waals surface area (Å²) in [5.74, 6) is 0.569. The highest BCUT2D eigenvalue weighted by Gasteiger charge is 2.15. The Morgan fingerprint density at radius 1 is 1.65 bits per heavy atom. The number of aromatic nitrogens is 1. The number of nitrogens with zero attached hydrogens (tertiary/aromatic N) is 1. The molecule has 1 saturated heterocycles. The lowest BCUT2D eigenvalue weighted by atomic mass is 10.2. The van der Waals surface area contributed by atoms with Crippen LogP contribution in [0.5, 0.6) is 0 Å². The predicted octanol–water partition coefficient (Wildman–Crippen LogP) is 2.20. The smallest absolute Gasteiger partial charge is 0.172 e. The van der Waals surface area contributed by atoms with Crippen LogP contribution >= 0.6 is 23.8 Å². The number of nitrogens with one attached hydrogen (secondary N) is 2. The third kappa shape index (κ3) is 3.80. The normalized spacial score (nSPS) is 19.0. The first kappa shape index (κ1) is 12.5. The largest absolute Gasteiger partial charge is 0.376 e. The number of ether oxygens (including phenoxy) is 1. The second-order valence-electron chi connectivity index (χ2n) is 3.80. The van der Waals surface area contributed by atoms with Crippen LogP contribution in [0.25, 0.3) is 0 Å². The van der Waals surface area contributed by atoms with Gasteiger partial charge in [-0.15, -0.1) is 0 Å². The Hall–Kier alpha value is -0.910. The van der Waals surface area contributed by atoms with Crippen molar-refractivity contribution in [2.75, 3.05) is 18.5 Å². The number of halogens is 1. The summed E-state index contributed by atoms with van der Waals surface area (Å²) in [6.07, 6.45) is 4.13. The van der Waals surface area contributed by atoms with Gasteiger partial charge in [0, 0.05) is 19.3 Å². The Balaban J connectivity index is 1.79. The van der Waals surface area contributed by atoms with E-state index in [-0.39, 0.29) is 6.10 Å². The SMILES string of the molecule is S=C(NC[C@H]1CCCO1)Nc1ncccc1Cl. The second-order valence-corrected chi connectivity index (χ2v) is 4.62. The van der Waals surface area contributed by atoms with Gasteiger partial charge in [-0.3, -0.25) is 0 Å². The van der Waals surface area contributed by atoms with Crippen LogP contribution in [0.2, 0.25) is 5.02 Å². The average molecular weight is 272 g/mol. The summed E-state index contributed by atoms with van der Waals surface area (Å²) in [4.78, 5) is 4.10. The summed E-state index contributed by atoms with van der Waals surface area (Å²) in [7, 11) is 0. The van der Waals surface area contributed by atoms with Crippen molar-refractivity contribution in [3.05, 3.63) is 23.4 Å². The van der Waals surface area contributed by atoms with Crippen LogP contribution in [0.1, 0.15) is 12.8 Å². The molecule has 0 saturated carbocycles. The van der Waals surface area contributed by atoms with Crippen LogP contribution in [-0.2, 0) is 4.74 Å². The Kier molecular flexibility index (Phi) is 4.53. The molecule has 4 nitrogen and oxygen atoms in total. The first-order valence-corrected chi connectivity index (χ1v) is 6.31. The van der Waals surface area contributed by atoms with E-state index in [2.05, 4.69) is 15.6 Å². The lowest BCUT2D eigenvalue weighted by molar-refractivity contribution is 0.114. The van der Waals surface area contributed by atoms with E-state index >= 15 is 0 Å². The maximum atomic E-state index is 5.96. The van der Waals surface area contributed by atoms with Crippen molar-refractivity contribution in [3.63, 3.8) is 0 Å². The summed E-state index contributed by atoms with van der Waals surface area (Å²) >= 11 is 11.1. The van der Waals surface area contributed by atoms with E-state index in [1.54, 1.807) is 18.3 Å². The van der Waals surface area contributed by atoms with E-state index in [4.69, 9.17) is 28.6 Å². The van der Waals surface area contributed by atoms with Gasteiger partial charge in [0.2, 0.25) is 0 Å². The van der Waals surface area contributed by atoms with Gasteiger partial charge in [0.15, 0.2) is 10.9 Å². The maximum Gasteiger partial charge on any atom is 0.172 e. The highest BCUT2D eigenvalue weighted by atomic mass is 35.5. The topological polar surface area (TPSA) is 46.2 Å². The van der Waals surface area contributed by atoms with Gasteiger partial charge in [-0.05, 0) is 37.2 Å². The molecule has 1 aromatic heterocycles. The van der Waals surface area contributed by atoms with E-state index in [1.807, 2.05) is 0 Å². The molecule has 6 heteroatoms. The van der Waals surface area contributed by atoms with Gasteiger partial charge in [-0.25, -0.2) is 4.98 Å². The molecule has 0 spiro atoms. The van der Waals surface area contributed by atoms with E-state index in [0.717, 1.165) is 26.0 Å². The Bertz CT molecular complexity index is 396. The average Bonchev–Trinajstić information content (AvgIpc) is 2.82. The van der Waals surface area contributed by atoms with Crippen LogP contribution in [0.3, 0.4) is 0 Å². The monoisotopic (exact) mass is 271 g/mol. The highest BCUT2D eigenvalue weighted by molar-refractivity contribution is 7.80. The maximum absolute atomic E-state index is 5.96. The fraction of sp³-hybridized carbons (Fsp3) is 0.455. The number of anilines is 1. The molecule has 1 aliphatic rings. The van der Waals surface area contributed by atoms with Gasteiger partial charge in [-0.1, -0.05) is 11.6 Å². The molecule has 1 atom stereocenters. The van der Waals surface area contributed by atoms with Crippen molar-refractivity contribution < 1.29 is 4.74 Å². The number of thiocarbonyl (C=S) groups is 1. The molecule has 0 unspecified atom stereocenters. The van der Waals surface area contributed by atoms with Crippen LogP contribution in [0, 0.1) is 0 Å². The van der Waals surface area contributed by atoms with Crippen LogP contribution in [0.4, 0.5) is 5.82 Å². The van der Waals surface area contributed by atoms with Gasteiger partial charge in [0.1, 0.15) is 0 Å². The molecule has 2 heterocycles. The van der Waals surface area contributed by atoms with Gasteiger partial charge in [0.25, 0.3) is 0 Å². The first-order chi connectivity index (χ1) is 8.25. The zero-order chi connectivity index (χ0) is 12.1. The molecular weight excluding hydrogens is 258 g/mol. The van der Waals surface area contributed by atoms with Crippen molar-refractivity contribution in [2.45, 2.75) is 18.9 Å². The Morgan fingerprint density at radius 3 is 3.24 bits per heavy atom. The third-order valence-corrected chi connectivity index (χ3v) is 3.06. The summed E-state index contributed by atoms with van der Waals surface area (Å²) < 4.78 is 5.49. The minimum Gasteiger partial charge on any atom is -0.376 e. The minimum absolute atomic E-state index is 0.258. The molecule has 1 aliphatic heterocycles. The third-order valence-electron chi connectivity index (χ3n) is 2.50. The molecule has 0 aromatic carbocycles. The van der Waals surface area contributed by atoms with Gasteiger partial charge in [-0.2, -0.15) is 0 Å². The van der Waals surface area contributed by atoms with Crippen LogP contribution < -0.4 is 10.6 Å². The molecule has 2 rings (SSSR count). The summed E-state index contributed by atoms with van der Waals surface area (Å²) in [6.45, 7) is 1.56. The zero-order valence-corrected chi connectivity index (χ0v) is 10.9.